The molecule has 0 aliphatic carbocycles. The van der Waals surface area contributed by atoms with Crippen LogP contribution in [0.5, 0.6) is 5.75 Å². The first-order valence-electron chi connectivity index (χ1n) is 11.1. The second kappa shape index (κ2) is 7.81. The molecule has 1 unspecified atom stereocenters. The summed E-state index contributed by atoms with van der Waals surface area (Å²) in [6, 6.07) is 18.5. The fraction of sp³-hybridized carbons (Fsp3) is 0.296. The largest absolute Gasteiger partial charge is 0.459 e. The summed E-state index contributed by atoms with van der Waals surface area (Å²) in [5, 5.41) is 2.05. The zero-order chi connectivity index (χ0) is 23.2. The molecule has 2 aliphatic rings. The summed E-state index contributed by atoms with van der Waals surface area (Å²) in [4.78, 5) is 31.4. The van der Waals surface area contributed by atoms with E-state index in [4.69, 9.17) is 9.73 Å². The number of rotatable bonds is 6. The monoisotopic (exact) mass is 441 g/mol. The molecule has 0 amide bonds. The highest BCUT2D eigenvalue weighted by Crippen LogP contribution is 2.55. The molecule has 33 heavy (non-hydrogen) atoms. The molecule has 6 heteroatoms. The van der Waals surface area contributed by atoms with E-state index in [1.165, 1.54) is 5.56 Å². The van der Waals surface area contributed by atoms with Crippen molar-refractivity contribution in [2.24, 2.45) is 4.99 Å². The van der Waals surface area contributed by atoms with Crippen molar-refractivity contribution >= 4 is 40.9 Å². The summed E-state index contributed by atoms with van der Waals surface area (Å²) >= 11 is 0. The predicted molar refractivity (Wildman–Crippen MR) is 131 cm³/mol. The smallest absolute Gasteiger partial charge is 0.228 e. The zero-order valence-electron chi connectivity index (χ0n) is 19.1. The van der Waals surface area contributed by atoms with Crippen LogP contribution in [0.15, 0.2) is 59.6 Å². The number of carbonyl (C=O) groups excluding carboxylic acids is 2. The number of ether oxygens (including phenoxy) is 1. The SMILES string of the molecule is CN1c2ccccc2C(C)(C)C12C=Nc1c(c(CN(CC=O)CC=O)cc3ccccc13)O2. The van der Waals surface area contributed by atoms with E-state index < -0.39 is 5.72 Å². The van der Waals surface area contributed by atoms with Crippen LogP contribution in [-0.2, 0) is 21.5 Å². The van der Waals surface area contributed by atoms with Gasteiger partial charge in [0.05, 0.1) is 24.7 Å². The third-order valence-electron chi connectivity index (χ3n) is 7.07. The molecule has 2 heterocycles. The van der Waals surface area contributed by atoms with E-state index in [1.54, 1.807) is 4.90 Å². The number of likely N-dealkylation sites (N-methyl/N-ethyl adjacent to an activating group) is 1. The lowest BCUT2D eigenvalue weighted by atomic mass is 9.77. The number of benzene rings is 3. The average molecular weight is 442 g/mol. The lowest BCUT2D eigenvalue weighted by Crippen LogP contribution is -2.61. The van der Waals surface area contributed by atoms with Gasteiger partial charge in [0.25, 0.3) is 0 Å². The van der Waals surface area contributed by atoms with Crippen molar-refractivity contribution in [1.82, 2.24) is 4.90 Å². The molecule has 3 aromatic carbocycles. The summed E-state index contributed by atoms with van der Waals surface area (Å²) in [6.07, 6.45) is 3.57. The Kier molecular flexibility index (Phi) is 5.05. The van der Waals surface area contributed by atoms with Crippen LogP contribution in [0.2, 0.25) is 0 Å². The van der Waals surface area contributed by atoms with Gasteiger partial charge in [-0.25, -0.2) is 0 Å². The van der Waals surface area contributed by atoms with Gasteiger partial charge in [-0.15, -0.1) is 0 Å². The first kappa shape index (κ1) is 21.3. The Balaban J connectivity index is 1.68. The molecule has 2 aliphatic heterocycles. The normalized spacial score (nSPS) is 20.1. The molecule has 0 bridgehead atoms. The minimum absolute atomic E-state index is 0.172. The van der Waals surface area contributed by atoms with Crippen molar-refractivity contribution in [2.45, 2.75) is 31.5 Å². The molecule has 1 atom stereocenters. The van der Waals surface area contributed by atoms with Gasteiger partial charge in [-0.3, -0.25) is 9.89 Å². The van der Waals surface area contributed by atoms with E-state index in [1.807, 2.05) is 43.6 Å². The minimum Gasteiger partial charge on any atom is -0.459 e. The van der Waals surface area contributed by atoms with Crippen molar-refractivity contribution in [3.63, 3.8) is 0 Å². The lowest BCUT2D eigenvalue weighted by molar-refractivity contribution is -0.111. The molecular formula is C27H27N3O3. The maximum Gasteiger partial charge on any atom is 0.228 e. The van der Waals surface area contributed by atoms with Gasteiger partial charge in [-0.05, 0) is 36.9 Å². The average Bonchev–Trinajstić information content (AvgIpc) is 2.98. The summed E-state index contributed by atoms with van der Waals surface area (Å²) in [5.41, 5.74) is 2.83. The van der Waals surface area contributed by atoms with Crippen LogP contribution in [0.4, 0.5) is 11.4 Å². The first-order valence-corrected chi connectivity index (χ1v) is 11.1. The van der Waals surface area contributed by atoms with E-state index in [9.17, 15) is 9.59 Å². The van der Waals surface area contributed by atoms with Crippen molar-refractivity contribution < 1.29 is 14.3 Å². The zero-order valence-corrected chi connectivity index (χ0v) is 19.1. The number of para-hydroxylation sites is 1. The molecule has 0 saturated heterocycles. The van der Waals surface area contributed by atoms with Gasteiger partial charge in [0.2, 0.25) is 5.72 Å². The van der Waals surface area contributed by atoms with Crippen LogP contribution in [0.3, 0.4) is 0 Å². The topological polar surface area (TPSA) is 62.2 Å². The van der Waals surface area contributed by atoms with Gasteiger partial charge >= 0.3 is 0 Å². The molecule has 6 nitrogen and oxygen atoms in total. The fourth-order valence-corrected chi connectivity index (χ4v) is 5.24. The van der Waals surface area contributed by atoms with Gasteiger partial charge in [0.1, 0.15) is 18.3 Å². The Morgan fingerprint density at radius 3 is 2.45 bits per heavy atom. The van der Waals surface area contributed by atoms with Crippen LogP contribution >= 0.6 is 0 Å². The number of nitrogens with zero attached hydrogens (tertiary/aromatic N) is 3. The highest BCUT2D eigenvalue weighted by Gasteiger charge is 2.58. The number of aliphatic imine (C=N–C) groups is 1. The van der Waals surface area contributed by atoms with E-state index in [-0.39, 0.29) is 18.5 Å². The minimum atomic E-state index is -0.805. The number of hydrogen-bond acceptors (Lipinski definition) is 6. The molecule has 0 N–H and O–H groups in total. The van der Waals surface area contributed by atoms with Crippen molar-refractivity contribution in [1.29, 1.82) is 0 Å². The van der Waals surface area contributed by atoms with E-state index in [0.717, 1.165) is 40.3 Å². The second-order valence-electron chi connectivity index (χ2n) is 9.22. The summed E-state index contributed by atoms with van der Waals surface area (Å²) < 4.78 is 6.96. The summed E-state index contributed by atoms with van der Waals surface area (Å²) in [6.45, 7) is 5.11. The number of fused-ring (bicyclic) bond motifs is 4. The Morgan fingerprint density at radius 1 is 1.03 bits per heavy atom. The Hall–Kier alpha value is -3.51. The lowest BCUT2D eigenvalue weighted by Gasteiger charge is -2.45. The van der Waals surface area contributed by atoms with Gasteiger partial charge in [-0.2, -0.15) is 0 Å². The van der Waals surface area contributed by atoms with Crippen molar-refractivity contribution in [3.8, 4) is 5.75 Å². The van der Waals surface area contributed by atoms with Gasteiger partial charge in [0, 0.05) is 30.2 Å². The molecule has 0 saturated carbocycles. The van der Waals surface area contributed by atoms with Crippen LogP contribution in [0.25, 0.3) is 10.8 Å². The number of aldehydes is 2. The number of carbonyl (C=O) groups is 2. The van der Waals surface area contributed by atoms with Crippen LogP contribution in [0, 0.1) is 0 Å². The molecule has 1 spiro atoms. The number of hydrogen-bond donors (Lipinski definition) is 0. The highest BCUT2D eigenvalue weighted by atomic mass is 16.5. The quantitative estimate of drug-likeness (QED) is 0.535. The van der Waals surface area contributed by atoms with Gasteiger partial charge in [-0.1, -0.05) is 42.5 Å². The van der Waals surface area contributed by atoms with Gasteiger partial charge < -0.3 is 19.2 Å². The Bertz CT molecular complexity index is 1270. The highest BCUT2D eigenvalue weighted by molar-refractivity contribution is 6.00. The molecule has 5 rings (SSSR count). The summed E-state index contributed by atoms with van der Waals surface area (Å²) in [7, 11) is 2.04. The van der Waals surface area contributed by atoms with Gasteiger partial charge in [0.15, 0.2) is 5.75 Å². The van der Waals surface area contributed by atoms with E-state index in [2.05, 4.69) is 43.0 Å². The Morgan fingerprint density at radius 2 is 1.73 bits per heavy atom. The third-order valence-corrected chi connectivity index (χ3v) is 7.07. The second-order valence-corrected chi connectivity index (χ2v) is 9.22. The molecule has 0 radical (unpaired) electrons. The van der Waals surface area contributed by atoms with Crippen molar-refractivity contribution in [2.75, 3.05) is 25.0 Å². The predicted octanol–water partition coefficient (Wildman–Crippen LogP) is 4.26. The first-order chi connectivity index (χ1) is 15.9. The van der Waals surface area contributed by atoms with Crippen molar-refractivity contribution in [3.05, 3.63) is 65.7 Å². The standard InChI is InChI=1S/C27H27N3O3/c1-26(2)22-10-6-7-11-23(22)29(3)27(26)18-28-24-21-9-5-4-8-19(21)16-20(25(24)33-27)17-30(12-14-31)13-15-32/h4-11,14-16,18H,12-13,17H2,1-3H3. The molecule has 3 aromatic rings. The maximum atomic E-state index is 11.2. The van der Waals surface area contributed by atoms with Crippen LogP contribution in [0.1, 0.15) is 25.0 Å². The van der Waals surface area contributed by atoms with Crippen LogP contribution < -0.4 is 9.64 Å². The van der Waals surface area contributed by atoms with Crippen LogP contribution in [-0.4, -0.2) is 49.5 Å². The summed E-state index contributed by atoms with van der Waals surface area (Å²) in [5.74, 6) is 0.700. The third kappa shape index (κ3) is 3.09. The van der Waals surface area contributed by atoms with E-state index in [0.29, 0.717) is 12.3 Å². The number of anilines is 1. The maximum absolute atomic E-state index is 11.2. The fourth-order valence-electron chi connectivity index (χ4n) is 5.24. The Labute approximate surface area is 193 Å². The molecular weight excluding hydrogens is 414 g/mol. The molecule has 0 fully saturated rings. The van der Waals surface area contributed by atoms with E-state index >= 15 is 0 Å². The molecule has 168 valence electrons. The molecule has 0 aromatic heterocycles.